The summed E-state index contributed by atoms with van der Waals surface area (Å²) in [5.74, 6) is 2.42. The molecule has 0 aromatic carbocycles. The predicted octanol–water partition coefficient (Wildman–Crippen LogP) is 1.70. The third kappa shape index (κ3) is 1.47. The van der Waals surface area contributed by atoms with Crippen molar-refractivity contribution in [3.8, 4) is 0 Å². The van der Waals surface area contributed by atoms with E-state index in [2.05, 4.69) is 12.2 Å². The van der Waals surface area contributed by atoms with Gasteiger partial charge in [0, 0.05) is 11.5 Å². The first-order valence-electron chi connectivity index (χ1n) is 5.50. The lowest BCUT2D eigenvalue weighted by Gasteiger charge is -2.10. The zero-order chi connectivity index (χ0) is 9.05. The van der Waals surface area contributed by atoms with E-state index in [0.29, 0.717) is 11.8 Å². The first kappa shape index (κ1) is 7.84. The molecule has 2 heteroatoms. The van der Waals surface area contributed by atoms with Crippen LogP contribution in [0.15, 0.2) is 0 Å². The first-order chi connectivity index (χ1) is 6.18. The van der Waals surface area contributed by atoms with Gasteiger partial charge in [0.2, 0.25) is 5.91 Å². The molecule has 13 heavy (non-hydrogen) atoms. The van der Waals surface area contributed by atoms with E-state index < -0.39 is 0 Å². The van der Waals surface area contributed by atoms with Crippen molar-refractivity contribution in [3.05, 3.63) is 0 Å². The Bertz CT molecular complexity index is 253. The predicted molar refractivity (Wildman–Crippen MR) is 50.1 cm³/mol. The second-order valence-corrected chi connectivity index (χ2v) is 5.39. The van der Waals surface area contributed by atoms with Crippen molar-refractivity contribution in [1.29, 1.82) is 0 Å². The largest absolute Gasteiger partial charge is 0.351 e. The Labute approximate surface area is 79.1 Å². The number of nitrogens with one attached hydrogen (secondary N) is 1. The minimum Gasteiger partial charge on any atom is -0.351 e. The lowest BCUT2D eigenvalue weighted by atomic mass is 10.2. The molecule has 0 radical (unpaired) electrons. The van der Waals surface area contributed by atoms with Crippen LogP contribution in [0.3, 0.4) is 0 Å². The third-order valence-corrected chi connectivity index (χ3v) is 3.83. The average molecular weight is 179 g/mol. The molecular weight excluding hydrogens is 162 g/mol. The highest BCUT2D eigenvalue weighted by Gasteiger charge is 2.52. The van der Waals surface area contributed by atoms with E-state index in [1.807, 2.05) is 0 Å². The Hall–Kier alpha value is -0.530. The summed E-state index contributed by atoms with van der Waals surface area (Å²) >= 11 is 0. The standard InChI is InChI=1S/C11H17NO/c1-11(4-5-11)12-10(13)9-6-8(9)7-2-3-7/h7-9H,2-6H2,1H3,(H,12,13)/t8-,9+/m1/s1. The highest BCUT2D eigenvalue weighted by molar-refractivity contribution is 5.82. The smallest absolute Gasteiger partial charge is 0.223 e. The number of hydrogen-bond donors (Lipinski definition) is 1. The molecule has 1 amide bonds. The van der Waals surface area contributed by atoms with E-state index >= 15 is 0 Å². The number of amides is 1. The van der Waals surface area contributed by atoms with E-state index in [1.165, 1.54) is 32.1 Å². The van der Waals surface area contributed by atoms with Gasteiger partial charge >= 0.3 is 0 Å². The molecule has 3 saturated carbocycles. The van der Waals surface area contributed by atoms with Gasteiger partial charge in [-0.15, -0.1) is 0 Å². The third-order valence-electron chi connectivity index (χ3n) is 3.83. The van der Waals surface area contributed by atoms with Gasteiger partial charge in [0.15, 0.2) is 0 Å². The normalized spacial score (nSPS) is 39.8. The van der Waals surface area contributed by atoms with Crippen LogP contribution in [0.25, 0.3) is 0 Å². The average Bonchev–Trinajstić information content (AvgIpc) is 2.91. The summed E-state index contributed by atoms with van der Waals surface area (Å²) in [7, 11) is 0. The van der Waals surface area contributed by atoms with Crippen LogP contribution in [0.1, 0.15) is 39.0 Å². The molecule has 0 saturated heterocycles. The van der Waals surface area contributed by atoms with E-state index in [9.17, 15) is 4.79 Å². The lowest BCUT2D eigenvalue weighted by Crippen LogP contribution is -2.35. The van der Waals surface area contributed by atoms with Crippen molar-refractivity contribution in [2.75, 3.05) is 0 Å². The quantitative estimate of drug-likeness (QED) is 0.702. The van der Waals surface area contributed by atoms with Crippen LogP contribution in [-0.2, 0) is 4.79 Å². The number of carbonyl (C=O) groups is 1. The van der Waals surface area contributed by atoms with Crippen molar-refractivity contribution in [2.24, 2.45) is 17.8 Å². The molecule has 3 fully saturated rings. The molecule has 0 aromatic rings. The van der Waals surface area contributed by atoms with Gasteiger partial charge in [-0.1, -0.05) is 0 Å². The molecule has 2 atom stereocenters. The molecule has 0 heterocycles. The van der Waals surface area contributed by atoms with Gasteiger partial charge in [-0.05, 0) is 50.9 Å². The maximum atomic E-state index is 11.7. The fourth-order valence-corrected chi connectivity index (χ4v) is 2.26. The van der Waals surface area contributed by atoms with Crippen LogP contribution >= 0.6 is 0 Å². The number of hydrogen-bond acceptors (Lipinski definition) is 1. The lowest BCUT2D eigenvalue weighted by molar-refractivity contribution is -0.123. The second-order valence-electron chi connectivity index (χ2n) is 5.39. The van der Waals surface area contributed by atoms with Crippen LogP contribution in [0.2, 0.25) is 0 Å². The SMILES string of the molecule is CC1(NC(=O)[C@H]2C[C@@H]2C2CC2)CC1. The van der Waals surface area contributed by atoms with Gasteiger partial charge < -0.3 is 5.32 Å². The van der Waals surface area contributed by atoms with Crippen LogP contribution in [0, 0.1) is 17.8 Å². The monoisotopic (exact) mass is 179 g/mol. The van der Waals surface area contributed by atoms with Crippen LogP contribution < -0.4 is 5.32 Å². The van der Waals surface area contributed by atoms with Gasteiger partial charge in [-0.3, -0.25) is 4.79 Å². The first-order valence-corrected chi connectivity index (χ1v) is 5.50. The van der Waals surface area contributed by atoms with Crippen LogP contribution in [0.5, 0.6) is 0 Å². The van der Waals surface area contributed by atoms with E-state index in [-0.39, 0.29) is 5.54 Å². The summed E-state index contributed by atoms with van der Waals surface area (Å²) in [6.07, 6.45) is 6.29. The molecule has 0 aromatic heterocycles. The van der Waals surface area contributed by atoms with Crippen molar-refractivity contribution < 1.29 is 4.79 Å². The maximum Gasteiger partial charge on any atom is 0.223 e. The minimum absolute atomic E-state index is 0.188. The molecule has 0 unspecified atom stereocenters. The fraction of sp³-hybridized carbons (Fsp3) is 0.909. The summed E-state index contributed by atoms with van der Waals surface area (Å²) in [5.41, 5.74) is 0.188. The molecule has 0 bridgehead atoms. The molecule has 3 aliphatic carbocycles. The van der Waals surface area contributed by atoms with Gasteiger partial charge in [-0.25, -0.2) is 0 Å². The Kier molecular flexibility index (Phi) is 1.38. The highest BCUT2D eigenvalue weighted by Crippen LogP contribution is 2.54. The van der Waals surface area contributed by atoms with Crippen molar-refractivity contribution in [3.63, 3.8) is 0 Å². The number of carbonyl (C=O) groups excluding carboxylic acids is 1. The zero-order valence-electron chi connectivity index (χ0n) is 8.18. The minimum atomic E-state index is 0.188. The molecule has 2 nitrogen and oxygen atoms in total. The summed E-state index contributed by atoms with van der Waals surface area (Å²) in [6, 6.07) is 0. The topological polar surface area (TPSA) is 29.1 Å². The fourth-order valence-electron chi connectivity index (χ4n) is 2.26. The van der Waals surface area contributed by atoms with E-state index in [0.717, 1.165) is 11.8 Å². The maximum absolute atomic E-state index is 11.7. The molecule has 3 rings (SSSR count). The summed E-state index contributed by atoms with van der Waals surface area (Å²) in [6.45, 7) is 2.15. The molecule has 72 valence electrons. The van der Waals surface area contributed by atoms with Gasteiger partial charge in [-0.2, -0.15) is 0 Å². The molecule has 0 aliphatic heterocycles. The van der Waals surface area contributed by atoms with Crippen molar-refractivity contribution >= 4 is 5.91 Å². The van der Waals surface area contributed by atoms with Gasteiger partial charge in [0.1, 0.15) is 0 Å². The van der Waals surface area contributed by atoms with Crippen LogP contribution in [-0.4, -0.2) is 11.4 Å². The highest BCUT2D eigenvalue weighted by atomic mass is 16.2. The van der Waals surface area contributed by atoms with Crippen molar-refractivity contribution in [2.45, 2.75) is 44.6 Å². The molecule has 3 aliphatic rings. The Morgan fingerprint density at radius 3 is 2.62 bits per heavy atom. The molecule has 0 spiro atoms. The zero-order valence-corrected chi connectivity index (χ0v) is 8.18. The van der Waals surface area contributed by atoms with E-state index in [1.54, 1.807) is 0 Å². The second kappa shape index (κ2) is 2.28. The van der Waals surface area contributed by atoms with Crippen molar-refractivity contribution in [1.82, 2.24) is 5.32 Å². The van der Waals surface area contributed by atoms with Gasteiger partial charge in [0.25, 0.3) is 0 Å². The van der Waals surface area contributed by atoms with E-state index in [4.69, 9.17) is 0 Å². The summed E-state index contributed by atoms with van der Waals surface area (Å²) < 4.78 is 0. The number of rotatable bonds is 3. The molecular formula is C11H17NO. The molecule has 1 N–H and O–H groups in total. The summed E-state index contributed by atoms with van der Waals surface area (Å²) in [5, 5.41) is 3.17. The Balaban J connectivity index is 1.52. The Morgan fingerprint density at radius 2 is 2.08 bits per heavy atom. The van der Waals surface area contributed by atoms with Gasteiger partial charge in [0.05, 0.1) is 0 Å². The van der Waals surface area contributed by atoms with Crippen LogP contribution in [0.4, 0.5) is 0 Å². The Morgan fingerprint density at radius 1 is 1.38 bits per heavy atom. The summed E-state index contributed by atoms with van der Waals surface area (Å²) in [4.78, 5) is 11.7.